The Hall–Kier alpha value is -3.01. The second-order valence-electron chi connectivity index (χ2n) is 3.94. The number of ether oxygens (including phenoxy) is 1. The number of hydrogen-bond donors (Lipinski definition) is 3. The van der Waals surface area contributed by atoms with E-state index in [1.54, 1.807) is 31.2 Å². The average Bonchev–Trinajstić information content (AvgIpc) is 2.41. The first-order valence-corrected chi connectivity index (χ1v) is 6.12. The predicted octanol–water partition coefficient (Wildman–Crippen LogP) is 1.95. The highest BCUT2D eigenvalue weighted by atomic mass is 16.5. The maximum atomic E-state index is 11.1. The van der Waals surface area contributed by atoms with Crippen molar-refractivity contribution in [2.45, 2.75) is 13.8 Å². The molecule has 7 heteroatoms. The summed E-state index contributed by atoms with van der Waals surface area (Å²) in [5.41, 5.74) is 0.623. The molecule has 110 valence electrons. The van der Waals surface area contributed by atoms with Gasteiger partial charge in [-0.1, -0.05) is 0 Å². The number of nitrogens with one attached hydrogen (secondary N) is 2. The maximum absolute atomic E-state index is 11.1. The summed E-state index contributed by atoms with van der Waals surface area (Å²) in [6.45, 7) is 3.59. The van der Waals surface area contributed by atoms with E-state index in [1.807, 2.05) is 0 Å². The van der Waals surface area contributed by atoms with Gasteiger partial charge in [0.1, 0.15) is 11.8 Å². The first-order chi connectivity index (χ1) is 9.97. The minimum Gasteiger partial charge on any atom is -0.492 e. The Bertz CT molecular complexity index is 617. The second kappa shape index (κ2) is 7.55. The zero-order chi connectivity index (χ0) is 15.8. The third-order valence-electron chi connectivity index (χ3n) is 2.33. The molecule has 0 heterocycles. The lowest BCUT2D eigenvalue weighted by atomic mass is 10.2. The molecule has 0 saturated carbocycles. The molecule has 0 unspecified atom stereocenters. The van der Waals surface area contributed by atoms with Crippen LogP contribution in [0.2, 0.25) is 0 Å². The second-order valence-corrected chi connectivity index (χ2v) is 3.94. The van der Waals surface area contributed by atoms with Gasteiger partial charge in [0.25, 0.3) is 0 Å². The summed E-state index contributed by atoms with van der Waals surface area (Å²) in [6, 6.07) is 6.41. The molecule has 1 amide bonds. The molecule has 1 aromatic rings. The van der Waals surface area contributed by atoms with Gasteiger partial charge in [0.2, 0.25) is 5.91 Å². The number of nitriles is 1. The van der Waals surface area contributed by atoms with Crippen molar-refractivity contribution >= 4 is 23.3 Å². The van der Waals surface area contributed by atoms with E-state index in [0.29, 0.717) is 23.7 Å². The minimum absolute atomic E-state index is 0.228. The van der Waals surface area contributed by atoms with Crippen LogP contribution in [0.5, 0.6) is 5.75 Å². The lowest BCUT2D eigenvalue weighted by Gasteiger charge is -2.12. The molecule has 3 N–H and O–H groups in total. The molecular formula is C14H15N3O4. The fourth-order valence-electron chi connectivity index (χ4n) is 1.48. The topological polar surface area (TPSA) is 111 Å². The number of anilines is 2. The number of hydrogen-bond acceptors (Lipinski definition) is 5. The van der Waals surface area contributed by atoms with Crippen LogP contribution in [0.25, 0.3) is 0 Å². The molecule has 0 saturated heterocycles. The van der Waals surface area contributed by atoms with E-state index >= 15 is 0 Å². The molecule has 0 spiro atoms. The van der Waals surface area contributed by atoms with Crippen LogP contribution in [0.3, 0.4) is 0 Å². The van der Waals surface area contributed by atoms with Gasteiger partial charge in [0.05, 0.1) is 12.3 Å². The van der Waals surface area contributed by atoms with E-state index in [1.165, 1.54) is 6.92 Å². The summed E-state index contributed by atoms with van der Waals surface area (Å²) in [5, 5.41) is 22.7. The molecule has 0 aliphatic carbocycles. The summed E-state index contributed by atoms with van der Waals surface area (Å²) in [4.78, 5) is 21.8. The molecule has 0 aromatic heterocycles. The number of carbonyl (C=O) groups excluding carboxylic acids is 1. The van der Waals surface area contributed by atoms with Crippen LogP contribution in [0, 0.1) is 11.3 Å². The van der Waals surface area contributed by atoms with Gasteiger partial charge in [-0.15, -0.1) is 0 Å². The third kappa shape index (κ3) is 4.87. The monoisotopic (exact) mass is 289 g/mol. The van der Waals surface area contributed by atoms with Crippen molar-refractivity contribution in [3.63, 3.8) is 0 Å². The average molecular weight is 289 g/mol. The smallest absolute Gasteiger partial charge is 0.347 e. The van der Waals surface area contributed by atoms with Gasteiger partial charge in [-0.05, 0) is 19.1 Å². The molecule has 0 bridgehead atoms. The molecule has 0 aliphatic heterocycles. The van der Waals surface area contributed by atoms with Gasteiger partial charge in [-0.2, -0.15) is 5.26 Å². The van der Waals surface area contributed by atoms with Crippen molar-refractivity contribution < 1.29 is 19.4 Å². The summed E-state index contributed by atoms with van der Waals surface area (Å²) < 4.78 is 5.40. The van der Waals surface area contributed by atoms with Crippen LogP contribution in [-0.2, 0) is 9.59 Å². The van der Waals surface area contributed by atoms with Crippen molar-refractivity contribution in [3.05, 3.63) is 30.0 Å². The van der Waals surface area contributed by atoms with Crippen LogP contribution >= 0.6 is 0 Å². The molecule has 0 atom stereocenters. The van der Waals surface area contributed by atoms with E-state index in [4.69, 9.17) is 15.1 Å². The van der Waals surface area contributed by atoms with E-state index in [0.717, 1.165) is 6.20 Å². The Morgan fingerprint density at radius 3 is 2.71 bits per heavy atom. The number of nitrogens with zero attached hydrogens (tertiary/aromatic N) is 1. The summed E-state index contributed by atoms with van der Waals surface area (Å²) in [7, 11) is 0. The van der Waals surface area contributed by atoms with Crippen LogP contribution in [0.15, 0.2) is 30.0 Å². The number of rotatable bonds is 6. The van der Waals surface area contributed by atoms with Crippen molar-refractivity contribution in [3.8, 4) is 11.8 Å². The first-order valence-electron chi connectivity index (χ1n) is 6.12. The molecule has 0 fully saturated rings. The molecular weight excluding hydrogens is 274 g/mol. The highest BCUT2D eigenvalue weighted by Gasteiger charge is 2.08. The van der Waals surface area contributed by atoms with Crippen LogP contribution in [-0.4, -0.2) is 23.6 Å². The van der Waals surface area contributed by atoms with E-state index in [2.05, 4.69) is 10.6 Å². The molecule has 0 aliphatic rings. The highest BCUT2D eigenvalue weighted by molar-refractivity contribution is 5.92. The van der Waals surface area contributed by atoms with Gasteiger partial charge in [0.15, 0.2) is 5.57 Å². The SMILES string of the molecule is CCOc1cc(NC=C(C#N)C(=O)O)ccc1NC(C)=O. The van der Waals surface area contributed by atoms with Gasteiger partial charge < -0.3 is 20.5 Å². The molecule has 0 radical (unpaired) electrons. The maximum Gasteiger partial charge on any atom is 0.347 e. The normalized spacial score (nSPS) is 10.4. The Morgan fingerprint density at radius 1 is 1.48 bits per heavy atom. The summed E-state index contributed by atoms with van der Waals surface area (Å²) in [5.74, 6) is -1.10. The number of aliphatic carboxylic acids is 1. The Kier molecular flexibility index (Phi) is 5.77. The lowest BCUT2D eigenvalue weighted by molar-refractivity contribution is -0.132. The van der Waals surface area contributed by atoms with Crippen molar-refractivity contribution in [2.24, 2.45) is 0 Å². The van der Waals surface area contributed by atoms with Crippen molar-refractivity contribution in [1.29, 1.82) is 5.26 Å². The highest BCUT2D eigenvalue weighted by Crippen LogP contribution is 2.28. The van der Waals surface area contributed by atoms with Gasteiger partial charge >= 0.3 is 5.97 Å². The molecule has 21 heavy (non-hydrogen) atoms. The standard InChI is InChI=1S/C14H15N3O4/c1-3-21-13-6-11(4-5-12(13)17-9(2)18)16-8-10(7-15)14(19)20/h4-6,8,16H,3H2,1-2H3,(H,17,18)(H,19,20). The Balaban J connectivity index is 3.00. The fourth-order valence-corrected chi connectivity index (χ4v) is 1.48. The number of benzene rings is 1. The van der Waals surface area contributed by atoms with E-state index in [-0.39, 0.29) is 5.91 Å². The number of carboxylic acids is 1. The van der Waals surface area contributed by atoms with Crippen LogP contribution < -0.4 is 15.4 Å². The third-order valence-corrected chi connectivity index (χ3v) is 2.33. The number of carbonyl (C=O) groups is 2. The van der Waals surface area contributed by atoms with Gasteiger partial charge in [0, 0.05) is 24.9 Å². The Morgan fingerprint density at radius 2 is 2.19 bits per heavy atom. The van der Waals surface area contributed by atoms with Crippen molar-refractivity contribution in [2.75, 3.05) is 17.2 Å². The van der Waals surface area contributed by atoms with Crippen LogP contribution in [0.4, 0.5) is 11.4 Å². The van der Waals surface area contributed by atoms with Gasteiger partial charge in [-0.3, -0.25) is 4.79 Å². The van der Waals surface area contributed by atoms with Crippen molar-refractivity contribution in [1.82, 2.24) is 0 Å². The van der Waals surface area contributed by atoms with Gasteiger partial charge in [-0.25, -0.2) is 4.79 Å². The number of carboxylic acid groups (broad SMARTS) is 1. The Labute approximate surface area is 121 Å². The zero-order valence-electron chi connectivity index (χ0n) is 11.6. The van der Waals surface area contributed by atoms with E-state index in [9.17, 15) is 9.59 Å². The summed E-state index contributed by atoms with van der Waals surface area (Å²) in [6.07, 6.45) is 1.09. The summed E-state index contributed by atoms with van der Waals surface area (Å²) >= 11 is 0. The zero-order valence-corrected chi connectivity index (χ0v) is 11.6. The molecule has 7 nitrogen and oxygen atoms in total. The van der Waals surface area contributed by atoms with E-state index < -0.39 is 11.5 Å². The first kappa shape index (κ1) is 16.0. The fraction of sp³-hybridized carbons (Fsp3) is 0.214. The molecule has 1 aromatic carbocycles. The quantitative estimate of drug-likeness (QED) is 0.545. The van der Waals surface area contributed by atoms with Crippen LogP contribution in [0.1, 0.15) is 13.8 Å². The lowest BCUT2D eigenvalue weighted by Crippen LogP contribution is -2.08. The largest absolute Gasteiger partial charge is 0.492 e. The number of amides is 1. The minimum atomic E-state index is -1.31. The predicted molar refractivity (Wildman–Crippen MR) is 76.9 cm³/mol. The molecule has 1 rings (SSSR count).